The van der Waals surface area contributed by atoms with Crippen molar-refractivity contribution >= 4 is 0 Å². The smallest absolute Gasteiger partial charge is 0.122 e. The summed E-state index contributed by atoms with van der Waals surface area (Å²) in [4.78, 5) is 9.74. The van der Waals surface area contributed by atoms with Gasteiger partial charge in [0.25, 0.3) is 0 Å². The lowest BCUT2D eigenvalue weighted by Gasteiger charge is -2.26. The molecule has 0 radical (unpaired) electrons. The van der Waals surface area contributed by atoms with Gasteiger partial charge in [0, 0.05) is 63.4 Å². The molecule has 0 saturated carbocycles. The fraction of sp³-hybridized carbons (Fsp3) is 0.647. The van der Waals surface area contributed by atoms with Crippen LogP contribution in [0, 0.1) is 5.92 Å². The molecule has 0 amide bonds. The van der Waals surface area contributed by atoms with Crippen molar-refractivity contribution in [2.75, 3.05) is 32.7 Å². The molecule has 1 fully saturated rings. The Kier molecular flexibility index (Phi) is 4.43. The van der Waals surface area contributed by atoms with E-state index in [1.54, 1.807) is 0 Å². The van der Waals surface area contributed by atoms with E-state index in [1.807, 2.05) is 18.5 Å². The van der Waals surface area contributed by atoms with Gasteiger partial charge >= 0.3 is 0 Å². The summed E-state index contributed by atoms with van der Waals surface area (Å²) in [5.74, 6) is 1.78. The second-order valence-electron chi connectivity index (χ2n) is 6.87. The molecular formula is C17H26N6. The van der Waals surface area contributed by atoms with Gasteiger partial charge in [-0.15, -0.1) is 0 Å². The highest BCUT2D eigenvalue weighted by Gasteiger charge is 2.23. The molecule has 1 unspecified atom stereocenters. The first-order chi connectivity index (χ1) is 11.4. The standard InChI is InChI=1S/C17H26N6/c1-2-7-20(6-1)10-11-21-12-16(14-23-8-3-4-19-23)13-22-9-5-18-17(22)15-21/h3-5,8-9,16H,1-2,6-7,10-15H2. The van der Waals surface area contributed by atoms with Gasteiger partial charge < -0.3 is 9.47 Å². The fourth-order valence-corrected chi connectivity index (χ4v) is 3.87. The number of likely N-dealkylation sites (tertiary alicyclic amines) is 1. The summed E-state index contributed by atoms with van der Waals surface area (Å²) in [6.07, 6.45) is 10.7. The van der Waals surface area contributed by atoms with Gasteiger partial charge in [-0.2, -0.15) is 5.10 Å². The van der Waals surface area contributed by atoms with Crippen LogP contribution in [0.5, 0.6) is 0 Å². The van der Waals surface area contributed by atoms with E-state index in [-0.39, 0.29) is 0 Å². The van der Waals surface area contributed by atoms with Crippen LogP contribution < -0.4 is 0 Å². The Morgan fingerprint density at radius 1 is 1.00 bits per heavy atom. The van der Waals surface area contributed by atoms with E-state index in [1.165, 1.54) is 38.3 Å². The van der Waals surface area contributed by atoms with Crippen molar-refractivity contribution in [2.24, 2.45) is 5.92 Å². The fourth-order valence-electron chi connectivity index (χ4n) is 3.87. The first-order valence-corrected chi connectivity index (χ1v) is 8.79. The molecule has 2 aromatic rings. The van der Waals surface area contributed by atoms with Crippen molar-refractivity contribution in [1.82, 2.24) is 29.1 Å². The number of hydrogen-bond donors (Lipinski definition) is 0. The molecule has 0 N–H and O–H groups in total. The monoisotopic (exact) mass is 314 g/mol. The van der Waals surface area contributed by atoms with Crippen molar-refractivity contribution in [1.29, 1.82) is 0 Å². The summed E-state index contributed by atoms with van der Waals surface area (Å²) in [6, 6.07) is 2.00. The largest absolute Gasteiger partial charge is 0.333 e. The first kappa shape index (κ1) is 14.9. The van der Waals surface area contributed by atoms with Gasteiger partial charge in [-0.25, -0.2) is 4.98 Å². The quantitative estimate of drug-likeness (QED) is 0.834. The van der Waals surface area contributed by atoms with Crippen LogP contribution in [0.15, 0.2) is 30.9 Å². The summed E-state index contributed by atoms with van der Waals surface area (Å²) in [6.45, 7) is 8.99. The molecule has 2 aromatic heterocycles. The van der Waals surface area contributed by atoms with Gasteiger partial charge in [0.2, 0.25) is 0 Å². The third-order valence-electron chi connectivity index (χ3n) is 5.07. The molecule has 0 bridgehead atoms. The minimum atomic E-state index is 0.573. The molecule has 2 aliphatic heterocycles. The minimum absolute atomic E-state index is 0.573. The Labute approximate surface area is 137 Å². The van der Waals surface area contributed by atoms with Crippen molar-refractivity contribution in [3.8, 4) is 0 Å². The highest BCUT2D eigenvalue weighted by atomic mass is 15.3. The van der Waals surface area contributed by atoms with Gasteiger partial charge in [0.05, 0.1) is 6.54 Å². The van der Waals surface area contributed by atoms with Crippen LogP contribution in [0.25, 0.3) is 0 Å². The van der Waals surface area contributed by atoms with Gasteiger partial charge in [0.1, 0.15) is 5.82 Å². The third-order valence-corrected chi connectivity index (χ3v) is 5.07. The van der Waals surface area contributed by atoms with E-state index < -0.39 is 0 Å². The average Bonchev–Trinajstić information content (AvgIpc) is 3.28. The van der Waals surface area contributed by atoms with E-state index in [0.717, 1.165) is 32.7 Å². The van der Waals surface area contributed by atoms with Crippen molar-refractivity contribution in [2.45, 2.75) is 32.5 Å². The SMILES string of the molecule is c1cnn(CC2CN(CCN3CCCC3)Cc3nccn3C2)c1. The van der Waals surface area contributed by atoms with Crippen LogP contribution in [0.1, 0.15) is 18.7 Å². The molecule has 0 aliphatic carbocycles. The summed E-state index contributed by atoms with van der Waals surface area (Å²) >= 11 is 0. The molecule has 124 valence electrons. The third kappa shape index (κ3) is 3.64. The second-order valence-corrected chi connectivity index (χ2v) is 6.87. The topological polar surface area (TPSA) is 42.1 Å². The number of hydrogen-bond acceptors (Lipinski definition) is 4. The maximum Gasteiger partial charge on any atom is 0.122 e. The normalized spacial score (nSPS) is 23.0. The van der Waals surface area contributed by atoms with Crippen molar-refractivity contribution in [3.63, 3.8) is 0 Å². The highest BCUT2D eigenvalue weighted by Crippen LogP contribution is 2.17. The zero-order chi connectivity index (χ0) is 15.5. The Balaban J connectivity index is 1.43. The molecular weight excluding hydrogens is 288 g/mol. The van der Waals surface area contributed by atoms with Gasteiger partial charge in [-0.1, -0.05) is 0 Å². The molecule has 23 heavy (non-hydrogen) atoms. The Bertz CT molecular complexity index is 598. The molecule has 2 aliphatic rings. The second kappa shape index (κ2) is 6.84. The van der Waals surface area contributed by atoms with Crippen LogP contribution in [0.4, 0.5) is 0 Å². The number of imidazole rings is 1. The van der Waals surface area contributed by atoms with E-state index in [4.69, 9.17) is 0 Å². The van der Waals surface area contributed by atoms with E-state index >= 15 is 0 Å². The molecule has 4 heterocycles. The van der Waals surface area contributed by atoms with E-state index in [2.05, 4.69) is 41.5 Å². The van der Waals surface area contributed by atoms with Gasteiger partial charge in [-0.3, -0.25) is 9.58 Å². The Hall–Kier alpha value is -1.66. The molecule has 6 heteroatoms. The summed E-state index contributed by atoms with van der Waals surface area (Å²) in [5, 5.41) is 4.38. The van der Waals surface area contributed by atoms with Gasteiger partial charge in [0.15, 0.2) is 0 Å². The molecule has 0 spiro atoms. The number of fused-ring (bicyclic) bond motifs is 1. The van der Waals surface area contributed by atoms with E-state index in [0.29, 0.717) is 5.92 Å². The maximum absolute atomic E-state index is 4.56. The summed E-state index contributed by atoms with van der Waals surface area (Å²) in [5.41, 5.74) is 0. The number of aromatic nitrogens is 4. The van der Waals surface area contributed by atoms with Crippen molar-refractivity contribution < 1.29 is 0 Å². The lowest BCUT2D eigenvalue weighted by molar-refractivity contribution is 0.186. The first-order valence-electron chi connectivity index (χ1n) is 8.79. The zero-order valence-corrected chi connectivity index (χ0v) is 13.7. The maximum atomic E-state index is 4.56. The number of rotatable bonds is 5. The molecule has 4 rings (SSSR count). The Morgan fingerprint density at radius 2 is 1.87 bits per heavy atom. The highest BCUT2D eigenvalue weighted by molar-refractivity contribution is 4.96. The molecule has 0 aromatic carbocycles. The Morgan fingerprint density at radius 3 is 2.70 bits per heavy atom. The van der Waals surface area contributed by atoms with Crippen LogP contribution in [0.2, 0.25) is 0 Å². The predicted octanol–water partition coefficient (Wildman–Crippen LogP) is 1.31. The minimum Gasteiger partial charge on any atom is -0.333 e. The van der Waals surface area contributed by atoms with Crippen molar-refractivity contribution in [3.05, 3.63) is 36.7 Å². The zero-order valence-electron chi connectivity index (χ0n) is 13.7. The van der Waals surface area contributed by atoms with Crippen LogP contribution in [0.3, 0.4) is 0 Å². The predicted molar refractivity (Wildman–Crippen MR) is 88.9 cm³/mol. The van der Waals surface area contributed by atoms with Crippen LogP contribution in [-0.2, 0) is 19.6 Å². The lowest BCUT2D eigenvalue weighted by Crippen LogP contribution is -2.36. The van der Waals surface area contributed by atoms with Gasteiger partial charge in [-0.05, 0) is 32.0 Å². The number of nitrogens with zero attached hydrogens (tertiary/aromatic N) is 6. The molecule has 6 nitrogen and oxygen atoms in total. The lowest BCUT2D eigenvalue weighted by atomic mass is 10.1. The summed E-state index contributed by atoms with van der Waals surface area (Å²) in [7, 11) is 0. The molecule has 1 atom stereocenters. The average molecular weight is 314 g/mol. The van der Waals surface area contributed by atoms with Crippen LogP contribution >= 0.6 is 0 Å². The van der Waals surface area contributed by atoms with E-state index in [9.17, 15) is 0 Å². The summed E-state index contributed by atoms with van der Waals surface area (Å²) < 4.78 is 4.38. The van der Waals surface area contributed by atoms with Crippen LogP contribution in [-0.4, -0.2) is 61.9 Å². The molecule has 1 saturated heterocycles.